The monoisotopic (exact) mass is 365 g/mol. The fraction of sp³-hybridized carbons (Fsp3) is 0.444. The predicted octanol–water partition coefficient (Wildman–Crippen LogP) is 3.14. The Bertz CT molecular complexity index is 809. The maximum absolute atomic E-state index is 13.9. The number of nitrogens with zero attached hydrogens (tertiary/aromatic N) is 1. The molecule has 0 saturated carbocycles. The molecular formula is C18H20FNO4S. The lowest BCUT2D eigenvalue weighted by Gasteiger charge is -2.35. The lowest BCUT2D eigenvalue weighted by Crippen LogP contribution is -2.49. The Morgan fingerprint density at radius 1 is 1.32 bits per heavy atom. The van der Waals surface area contributed by atoms with Gasteiger partial charge in [-0.1, -0.05) is 6.07 Å². The van der Waals surface area contributed by atoms with Crippen molar-refractivity contribution in [1.82, 2.24) is 4.90 Å². The number of hydrogen-bond donors (Lipinski definition) is 0. The molecule has 1 aliphatic heterocycles. The lowest BCUT2D eigenvalue weighted by atomic mass is 10.1. The molecule has 1 fully saturated rings. The van der Waals surface area contributed by atoms with Crippen molar-refractivity contribution in [3.63, 3.8) is 0 Å². The van der Waals surface area contributed by atoms with Crippen molar-refractivity contribution >= 4 is 33.3 Å². The normalized spacial score (nSPS) is 20.7. The highest BCUT2D eigenvalue weighted by atomic mass is 32.1. The van der Waals surface area contributed by atoms with E-state index in [4.69, 9.17) is 9.47 Å². The summed E-state index contributed by atoms with van der Waals surface area (Å²) in [6.45, 7) is 6.12. The first-order valence-electron chi connectivity index (χ1n) is 8.14. The van der Waals surface area contributed by atoms with Crippen LogP contribution in [0.15, 0.2) is 18.2 Å². The molecule has 2 heterocycles. The zero-order valence-corrected chi connectivity index (χ0v) is 15.2. The van der Waals surface area contributed by atoms with Gasteiger partial charge in [0.15, 0.2) is 6.61 Å². The summed E-state index contributed by atoms with van der Waals surface area (Å²) < 4.78 is 25.4. The second kappa shape index (κ2) is 7.09. The number of fused-ring (bicyclic) bond motifs is 1. The van der Waals surface area contributed by atoms with Gasteiger partial charge in [0.25, 0.3) is 5.91 Å². The number of thiophene rings is 1. The summed E-state index contributed by atoms with van der Waals surface area (Å²) in [5, 5.41) is 0.432. The highest BCUT2D eigenvalue weighted by Crippen LogP contribution is 2.33. The van der Waals surface area contributed by atoms with Crippen LogP contribution in [0.25, 0.3) is 10.1 Å². The van der Waals surface area contributed by atoms with Crippen molar-refractivity contribution < 1.29 is 23.5 Å². The molecule has 0 aliphatic carbocycles. The van der Waals surface area contributed by atoms with Crippen molar-refractivity contribution in [1.29, 1.82) is 0 Å². The van der Waals surface area contributed by atoms with Crippen LogP contribution in [-0.2, 0) is 14.3 Å². The van der Waals surface area contributed by atoms with E-state index >= 15 is 0 Å². The number of carbonyl (C=O) groups is 2. The van der Waals surface area contributed by atoms with Crippen molar-refractivity contribution in [2.24, 2.45) is 0 Å². The molecule has 1 aromatic carbocycles. The minimum absolute atomic E-state index is 0.0452. The lowest BCUT2D eigenvalue weighted by molar-refractivity contribution is -0.146. The molecule has 1 amide bonds. The molecule has 1 saturated heterocycles. The summed E-state index contributed by atoms with van der Waals surface area (Å²) in [7, 11) is 0. The van der Waals surface area contributed by atoms with Gasteiger partial charge in [-0.05, 0) is 38.5 Å². The largest absolute Gasteiger partial charge is 0.451 e. The van der Waals surface area contributed by atoms with Crippen LogP contribution in [0.2, 0.25) is 0 Å². The fourth-order valence-electron chi connectivity index (χ4n) is 3.11. The highest BCUT2D eigenvalue weighted by molar-refractivity contribution is 7.21. The second-order valence-electron chi connectivity index (χ2n) is 6.30. The van der Waals surface area contributed by atoms with E-state index < -0.39 is 5.97 Å². The van der Waals surface area contributed by atoms with E-state index in [0.717, 1.165) is 0 Å². The zero-order chi connectivity index (χ0) is 18.1. The molecule has 2 atom stereocenters. The molecule has 25 heavy (non-hydrogen) atoms. The molecule has 7 heteroatoms. The van der Waals surface area contributed by atoms with Crippen molar-refractivity contribution in [2.75, 3.05) is 19.7 Å². The Morgan fingerprint density at radius 2 is 2.00 bits per heavy atom. The maximum atomic E-state index is 13.9. The van der Waals surface area contributed by atoms with Crippen LogP contribution in [0.4, 0.5) is 4.39 Å². The molecular weight excluding hydrogens is 345 g/mol. The van der Waals surface area contributed by atoms with E-state index in [1.165, 1.54) is 17.4 Å². The Labute approximate surface area is 149 Å². The van der Waals surface area contributed by atoms with E-state index in [0.29, 0.717) is 33.6 Å². The van der Waals surface area contributed by atoms with Gasteiger partial charge in [-0.15, -0.1) is 11.3 Å². The van der Waals surface area contributed by atoms with Crippen LogP contribution in [0.1, 0.15) is 29.1 Å². The molecule has 0 N–H and O–H groups in total. The molecule has 5 nitrogen and oxygen atoms in total. The third-order valence-corrected chi connectivity index (χ3v) is 5.42. The Hall–Kier alpha value is -1.99. The van der Waals surface area contributed by atoms with Gasteiger partial charge in [0.1, 0.15) is 10.7 Å². The number of benzene rings is 1. The van der Waals surface area contributed by atoms with Crippen LogP contribution < -0.4 is 0 Å². The topological polar surface area (TPSA) is 55.8 Å². The van der Waals surface area contributed by atoms with Gasteiger partial charge in [0.05, 0.1) is 12.2 Å². The summed E-state index contributed by atoms with van der Waals surface area (Å²) in [6, 6.07) is 4.73. The number of carbonyl (C=O) groups excluding carboxylic acids is 2. The Balaban J connectivity index is 1.68. The van der Waals surface area contributed by atoms with Crippen molar-refractivity contribution in [3.8, 4) is 0 Å². The van der Waals surface area contributed by atoms with Crippen molar-refractivity contribution in [3.05, 3.63) is 34.5 Å². The van der Waals surface area contributed by atoms with Crippen molar-refractivity contribution in [2.45, 2.75) is 33.0 Å². The first-order chi connectivity index (χ1) is 11.9. The van der Waals surface area contributed by atoms with Gasteiger partial charge in [0, 0.05) is 23.2 Å². The number of ether oxygens (including phenoxy) is 2. The van der Waals surface area contributed by atoms with E-state index in [1.807, 2.05) is 13.8 Å². The standard InChI is InChI=1S/C18H20FNO4S/c1-10-7-20(8-11(2)24-10)15(21)9-23-18(22)17-12(3)16-13(19)5-4-6-14(16)25-17/h4-6,10-11H,7-9H2,1-3H3/t10-,11+. The number of halogens is 1. The van der Waals surface area contributed by atoms with Gasteiger partial charge in [0.2, 0.25) is 0 Å². The molecule has 1 aliphatic rings. The average molecular weight is 365 g/mol. The Kier molecular flexibility index (Phi) is 5.06. The van der Waals surface area contributed by atoms with Gasteiger partial charge < -0.3 is 14.4 Å². The third-order valence-electron chi connectivity index (χ3n) is 4.19. The molecule has 2 aromatic rings. The van der Waals surface area contributed by atoms with E-state index in [9.17, 15) is 14.0 Å². The van der Waals surface area contributed by atoms with Gasteiger partial charge in [-0.3, -0.25) is 4.79 Å². The smallest absolute Gasteiger partial charge is 0.349 e. The predicted molar refractivity (Wildman–Crippen MR) is 93.4 cm³/mol. The number of hydrogen-bond acceptors (Lipinski definition) is 5. The minimum Gasteiger partial charge on any atom is -0.451 e. The molecule has 3 rings (SSSR count). The quantitative estimate of drug-likeness (QED) is 0.784. The third kappa shape index (κ3) is 3.67. The van der Waals surface area contributed by atoms with Crippen LogP contribution in [0, 0.1) is 12.7 Å². The molecule has 0 spiro atoms. The zero-order valence-electron chi connectivity index (χ0n) is 14.4. The van der Waals surface area contributed by atoms with E-state index in [-0.39, 0.29) is 30.5 Å². The molecule has 1 aromatic heterocycles. The van der Waals surface area contributed by atoms with Crippen LogP contribution >= 0.6 is 11.3 Å². The molecule has 0 radical (unpaired) electrons. The fourth-order valence-corrected chi connectivity index (χ4v) is 4.23. The van der Waals surface area contributed by atoms with Crippen LogP contribution in [0.3, 0.4) is 0 Å². The summed E-state index contributed by atoms with van der Waals surface area (Å²) in [5.74, 6) is -1.21. The highest BCUT2D eigenvalue weighted by Gasteiger charge is 2.27. The van der Waals surface area contributed by atoms with Gasteiger partial charge in [-0.2, -0.15) is 0 Å². The SMILES string of the molecule is Cc1c(C(=O)OCC(=O)N2C[C@@H](C)O[C@@H](C)C2)sc2cccc(F)c12. The molecule has 0 bridgehead atoms. The van der Waals surface area contributed by atoms with E-state index in [2.05, 4.69) is 0 Å². The summed E-state index contributed by atoms with van der Waals surface area (Å²) in [4.78, 5) is 26.6. The summed E-state index contributed by atoms with van der Waals surface area (Å²) in [5.41, 5.74) is 0.546. The number of rotatable bonds is 3. The first-order valence-corrected chi connectivity index (χ1v) is 8.96. The first kappa shape index (κ1) is 17.8. The summed E-state index contributed by atoms with van der Waals surface area (Å²) in [6.07, 6.45) is -0.0903. The minimum atomic E-state index is -0.596. The number of amides is 1. The number of morpholine rings is 1. The summed E-state index contributed by atoms with van der Waals surface area (Å²) >= 11 is 1.17. The molecule has 0 unspecified atom stereocenters. The van der Waals surface area contributed by atoms with Gasteiger partial charge in [-0.25, -0.2) is 9.18 Å². The number of aryl methyl sites for hydroxylation is 1. The Morgan fingerprint density at radius 3 is 2.64 bits per heavy atom. The average Bonchev–Trinajstić information content (AvgIpc) is 2.89. The van der Waals surface area contributed by atoms with Gasteiger partial charge >= 0.3 is 5.97 Å². The maximum Gasteiger partial charge on any atom is 0.349 e. The van der Waals surface area contributed by atoms with Crippen LogP contribution in [0.5, 0.6) is 0 Å². The second-order valence-corrected chi connectivity index (χ2v) is 7.35. The molecule has 134 valence electrons. The number of esters is 1. The van der Waals surface area contributed by atoms with E-state index in [1.54, 1.807) is 24.0 Å². The van der Waals surface area contributed by atoms with Crippen LogP contribution in [-0.4, -0.2) is 48.7 Å².